The highest BCUT2D eigenvalue weighted by atomic mass is 15.3. The highest BCUT2D eigenvalue weighted by Gasteiger charge is 2.21. The van der Waals surface area contributed by atoms with Crippen LogP contribution < -0.4 is 4.90 Å². The number of nitrogens with zero attached hydrogens (tertiary/aromatic N) is 4. The monoisotopic (exact) mass is 396 g/mol. The first-order valence-electron chi connectivity index (χ1n) is 10.6. The molecule has 30 heavy (non-hydrogen) atoms. The molecular formula is C24H24N6. The quantitative estimate of drug-likeness (QED) is 0.483. The topological polar surface area (TPSA) is 63.8 Å². The van der Waals surface area contributed by atoms with E-state index in [4.69, 9.17) is 0 Å². The van der Waals surface area contributed by atoms with Crippen LogP contribution in [0.5, 0.6) is 0 Å². The third-order valence-corrected chi connectivity index (χ3v) is 6.31. The van der Waals surface area contributed by atoms with Gasteiger partial charge < -0.3 is 14.9 Å². The molecule has 0 atom stereocenters. The second kappa shape index (κ2) is 7.15. The van der Waals surface area contributed by atoms with Crippen molar-refractivity contribution >= 4 is 38.7 Å². The van der Waals surface area contributed by atoms with Crippen LogP contribution in [0, 0.1) is 0 Å². The molecule has 2 N–H and O–H groups in total. The predicted octanol–water partition coefficient (Wildman–Crippen LogP) is 3.96. The summed E-state index contributed by atoms with van der Waals surface area (Å²) in [7, 11) is 0. The number of anilines is 1. The lowest BCUT2D eigenvalue weighted by Gasteiger charge is -2.35. The zero-order valence-corrected chi connectivity index (χ0v) is 16.8. The van der Waals surface area contributed by atoms with E-state index in [9.17, 15) is 0 Å². The lowest BCUT2D eigenvalue weighted by molar-refractivity contribution is 0.261. The Bertz CT molecular complexity index is 1330. The van der Waals surface area contributed by atoms with Crippen molar-refractivity contribution in [2.45, 2.75) is 6.42 Å². The molecule has 3 aromatic heterocycles. The number of hydrogen-bond acceptors (Lipinski definition) is 4. The Hall–Kier alpha value is -3.38. The van der Waals surface area contributed by atoms with Gasteiger partial charge in [0.1, 0.15) is 17.4 Å². The van der Waals surface area contributed by atoms with Gasteiger partial charge in [0, 0.05) is 60.7 Å². The second-order valence-electron chi connectivity index (χ2n) is 8.03. The lowest BCUT2D eigenvalue weighted by Crippen LogP contribution is -2.47. The molecule has 0 radical (unpaired) electrons. The third kappa shape index (κ3) is 2.92. The fourth-order valence-electron chi connectivity index (χ4n) is 4.67. The van der Waals surface area contributed by atoms with E-state index in [1.807, 2.05) is 0 Å². The Morgan fingerprint density at radius 2 is 1.60 bits per heavy atom. The average molecular weight is 396 g/mol. The van der Waals surface area contributed by atoms with E-state index >= 15 is 0 Å². The van der Waals surface area contributed by atoms with E-state index in [0.717, 1.165) is 66.9 Å². The van der Waals surface area contributed by atoms with Gasteiger partial charge in [-0.15, -0.1) is 0 Å². The summed E-state index contributed by atoms with van der Waals surface area (Å²) in [4.78, 5) is 21.0. The summed E-state index contributed by atoms with van der Waals surface area (Å²) >= 11 is 0. The molecule has 0 amide bonds. The van der Waals surface area contributed by atoms with Crippen molar-refractivity contribution in [3.8, 4) is 0 Å². The SMILES string of the molecule is c1ccc2c(CCN3CCN(c4ncnc5c4[nH]c4ccccc45)CC3)c[nH]c2c1. The maximum atomic E-state index is 4.63. The van der Waals surface area contributed by atoms with Gasteiger partial charge in [-0.25, -0.2) is 9.97 Å². The maximum absolute atomic E-state index is 4.63. The van der Waals surface area contributed by atoms with Gasteiger partial charge in [-0.3, -0.25) is 4.90 Å². The van der Waals surface area contributed by atoms with Gasteiger partial charge in [0.25, 0.3) is 0 Å². The molecule has 150 valence electrons. The molecule has 0 unspecified atom stereocenters. The van der Waals surface area contributed by atoms with Crippen molar-refractivity contribution < 1.29 is 0 Å². The molecule has 0 saturated carbocycles. The lowest BCUT2D eigenvalue weighted by atomic mass is 10.1. The molecule has 1 fully saturated rings. The van der Waals surface area contributed by atoms with E-state index in [1.54, 1.807) is 6.33 Å². The fourth-order valence-corrected chi connectivity index (χ4v) is 4.67. The molecule has 1 saturated heterocycles. The van der Waals surface area contributed by atoms with Crippen molar-refractivity contribution in [2.75, 3.05) is 37.6 Å². The van der Waals surface area contributed by atoms with Crippen LogP contribution in [0.15, 0.2) is 61.1 Å². The van der Waals surface area contributed by atoms with Crippen LogP contribution in [-0.2, 0) is 6.42 Å². The van der Waals surface area contributed by atoms with Gasteiger partial charge >= 0.3 is 0 Å². The zero-order valence-electron chi connectivity index (χ0n) is 16.8. The molecule has 2 aromatic carbocycles. The summed E-state index contributed by atoms with van der Waals surface area (Å²) in [6, 6.07) is 16.9. The summed E-state index contributed by atoms with van der Waals surface area (Å²) < 4.78 is 0. The molecule has 5 aromatic rings. The molecule has 0 spiro atoms. The molecule has 0 bridgehead atoms. The molecule has 6 rings (SSSR count). The molecule has 4 heterocycles. The number of nitrogens with one attached hydrogen (secondary N) is 2. The Balaban J connectivity index is 1.16. The van der Waals surface area contributed by atoms with Crippen LogP contribution >= 0.6 is 0 Å². The first-order valence-corrected chi connectivity index (χ1v) is 10.6. The number of H-pyrrole nitrogens is 2. The largest absolute Gasteiger partial charge is 0.361 e. The van der Waals surface area contributed by atoms with Crippen molar-refractivity contribution in [1.29, 1.82) is 0 Å². The zero-order chi connectivity index (χ0) is 19.9. The Kier molecular flexibility index (Phi) is 4.16. The second-order valence-corrected chi connectivity index (χ2v) is 8.03. The van der Waals surface area contributed by atoms with Crippen LogP contribution in [0.1, 0.15) is 5.56 Å². The number of fused-ring (bicyclic) bond motifs is 4. The minimum Gasteiger partial charge on any atom is -0.361 e. The number of hydrogen-bond donors (Lipinski definition) is 2. The number of piperazine rings is 1. The minimum atomic E-state index is 0.982. The number of rotatable bonds is 4. The van der Waals surface area contributed by atoms with Crippen LogP contribution in [0.4, 0.5) is 5.82 Å². The van der Waals surface area contributed by atoms with Crippen LogP contribution in [-0.4, -0.2) is 57.6 Å². The molecule has 6 nitrogen and oxygen atoms in total. The van der Waals surface area contributed by atoms with E-state index in [0.29, 0.717) is 0 Å². The number of para-hydroxylation sites is 2. The van der Waals surface area contributed by atoms with Crippen LogP contribution in [0.25, 0.3) is 32.8 Å². The third-order valence-electron chi connectivity index (χ3n) is 6.31. The fraction of sp³-hybridized carbons (Fsp3) is 0.250. The van der Waals surface area contributed by atoms with Crippen molar-refractivity contribution in [3.63, 3.8) is 0 Å². The summed E-state index contributed by atoms with van der Waals surface area (Å²) in [6.07, 6.45) is 4.93. The van der Waals surface area contributed by atoms with Crippen molar-refractivity contribution in [1.82, 2.24) is 24.8 Å². The van der Waals surface area contributed by atoms with E-state index < -0.39 is 0 Å². The van der Waals surface area contributed by atoms with Gasteiger partial charge in [0.2, 0.25) is 0 Å². The van der Waals surface area contributed by atoms with E-state index in [2.05, 4.69) is 84.5 Å². The molecular weight excluding hydrogens is 372 g/mol. The molecule has 0 aliphatic carbocycles. The Morgan fingerprint density at radius 3 is 2.47 bits per heavy atom. The highest BCUT2D eigenvalue weighted by Crippen LogP contribution is 2.29. The maximum Gasteiger partial charge on any atom is 0.156 e. The minimum absolute atomic E-state index is 0.982. The Labute approximate surface area is 174 Å². The number of aromatic amines is 2. The van der Waals surface area contributed by atoms with Gasteiger partial charge in [-0.1, -0.05) is 36.4 Å². The highest BCUT2D eigenvalue weighted by molar-refractivity contribution is 6.08. The van der Waals surface area contributed by atoms with Crippen LogP contribution in [0.3, 0.4) is 0 Å². The Morgan fingerprint density at radius 1 is 0.833 bits per heavy atom. The van der Waals surface area contributed by atoms with Crippen molar-refractivity contribution in [2.24, 2.45) is 0 Å². The molecule has 1 aliphatic rings. The van der Waals surface area contributed by atoms with Crippen molar-refractivity contribution in [3.05, 3.63) is 66.6 Å². The average Bonchev–Trinajstić information content (AvgIpc) is 3.39. The number of aromatic nitrogens is 4. The summed E-state index contributed by atoms with van der Waals surface area (Å²) in [5.74, 6) is 1.02. The predicted molar refractivity (Wildman–Crippen MR) is 122 cm³/mol. The normalized spacial score (nSPS) is 15.5. The van der Waals surface area contributed by atoms with Gasteiger partial charge in [-0.2, -0.15) is 0 Å². The standard InChI is InChI=1S/C24H24N6/c1-3-7-20-18(5-1)17(15-25-20)9-10-29-11-13-30(14-12-29)24-23-22(26-16-27-24)19-6-2-4-8-21(19)28-23/h1-8,15-16,25,28H,9-14H2. The van der Waals surface area contributed by atoms with Gasteiger partial charge in [0.15, 0.2) is 5.82 Å². The van der Waals surface area contributed by atoms with Gasteiger partial charge in [-0.05, 0) is 24.1 Å². The first kappa shape index (κ1) is 17.5. The van der Waals surface area contributed by atoms with Gasteiger partial charge in [0.05, 0.1) is 0 Å². The molecule has 6 heteroatoms. The van der Waals surface area contributed by atoms with E-state index in [1.165, 1.54) is 16.5 Å². The smallest absolute Gasteiger partial charge is 0.156 e. The first-order chi connectivity index (χ1) is 14.9. The summed E-state index contributed by atoms with van der Waals surface area (Å²) in [5.41, 5.74) is 5.81. The van der Waals surface area contributed by atoms with Crippen LogP contribution in [0.2, 0.25) is 0 Å². The molecule has 1 aliphatic heterocycles. The number of benzene rings is 2. The van der Waals surface area contributed by atoms with E-state index in [-0.39, 0.29) is 0 Å². The summed E-state index contributed by atoms with van der Waals surface area (Å²) in [6.45, 7) is 5.15. The summed E-state index contributed by atoms with van der Waals surface area (Å²) in [5, 5.41) is 2.51.